The molecule has 32 nitrogen and oxygen atoms in total. The number of primary amides is 1. The van der Waals surface area contributed by atoms with Crippen molar-refractivity contribution in [3.63, 3.8) is 0 Å². The molecule has 5 aliphatic rings. The van der Waals surface area contributed by atoms with Crippen LogP contribution in [-0.4, -0.2) is 196 Å². The number of aromatic amines is 1. The number of carbonyl (C=O) groups excluding carboxylic acids is 10. The van der Waals surface area contributed by atoms with Crippen molar-refractivity contribution in [2.75, 3.05) is 56.7 Å². The van der Waals surface area contributed by atoms with E-state index in [1.807, 2.05) is 0 Å². The van der Waals surface area contributed by atoms with Crippen LogP contribution in [0.2, 0.25) is 0 Å². The number of carboxylic acids is 2. The zero-order chi connectivity index (χ0) is 65.5. The first kappa shape index (κ1) is 66.1. The number of ether oxygens (including phenoxy) is 2. The fourth-order valence-corrected chi connectivity index (χ4v) is 13.3. The molecule has 8 rings (SSSR count). The highest BCUT2D eigenvalue weighted by molar-refractivity contribution is 8.00. The van der Waals surface area contributed by atoms with Crippen LogP contribution < -0.4 is 44.4 Å². The van der Waals surface area contributed by atoms with E-state index < -0.39 is 124 Å². The van der Waals surface area contributed by atoms with E-state index in [2.05, 4.69) is 40.9 Å². The lowest BCUT2D eigenvalue weighted by Crippen LogP contribution is -2.52. The molecule has 33 heteroatoms. The van der Waals surface area contributed by atoms with Gasteiger partial charge in [-0.2, -0.15) is 4.98 Å². The standard InChI is InChI=1S/C57H69N15O17S/c1-26-44(79)43-41(45(80)46(26)88-3)33(24-89-56(61)87)57(2)47-35(23-71(43)57)72(47)38(75)9-6-16-70-39(76)20-37(52(70)84)90-25-29(53(85)86)18-36(74)34(19-40(77)78)67-50(82)28(7-4-15-63-54(58)59)17-32(73)8-5-14-62-49(81)27-10-12-30(13-11-27)64-21-31-22-65-48-42(66-31)51(83)69-55(60)68-48/h10-13,22,28-29,33-35,37,47,64H,4-9,14-21,23-25H2,1-3H3,(H2,61,87)(H,62,81)(H,67,82)(H,77,78)(H,85,86)(H4,58,59,63)(H3,60,65,68,69,83)/t28-,29+,33-,34+,35?,37?,47?,57+,72?/m0/s1. The van der Waals surface area contributed by atoms with Crippen LogP contribution in [0.1, 0.15) is 94.1 Å². The summed E-state index contributed by atoms with van der Waals surface area (Å²) in [5.41, 5.74) is 22.1. The highest BCUT2D eigenvalue weighted by atomic mass is 32.2. The van der Waals surface area contributed by atoms with Gasteiger partial charge in [0.15, 0.2) is 28.7 Å². The molecular formula is C57H69N15O17S. The van der Waals surface area contributed by atoms with Crippen LogP contribution in [0, 0.1) is 17.8 Å². The summed E-state index contributed by atoms with van der Waals surface area (Å²) in [4.78, 5) is 193. The molecule has 3 aromatic rings. The van der Waals surface area contributed by atoms with E-state index in [0.29, 0.717) is 16.9 Å². The zero-order valence-corrected chi connectivity index (χ0v) is 50.1. The van der Waals surface area contributed by atoms with Gasteiger partial charge in [-0.05, 0) is 63.8 Å². The summed E-state index contributed by atoms with van der Waals surface area (Å²) in [6.45, 7) is 3.26. The van der Waals surface area contributed by atoms with Crippen LogP contribution in [0.15, 0.2) is 62.9 Å². The van der Waals surface area contributed by atoms with Gasteiger partial charge in [0.1, 0.15) is 12.4 Å². The Hall–Kier alpha value is -9.82. The number of aromatic nitrogens is 4. The fraction of sp³-hybridized carbons (Fsp3) is 0.491. The van der Waals surface area contributed by atoms with Crippen molar-refractivity contribution in [1.82, 2.24) is 45.3 Å². The number of Topliss-reactive ketones (excluding diaryl/α,β-unsaturated/α-hetero) is 4. The van der Waals surface area contributed by atoms with Crippen LogP contribution in [0.3, 0.4) is 0 Å². The van der Waals surface area contributed by atoms with Crippen LogP contribution in [0.25, 0.3) is 11.2 Å². The van der Waals surface area contributed by atoms with Crippen molar-refractivity contribution in [2.45, 2.75) is 114 Å². The Balaban J connectivity index is 0.790. The number of imide groups is 1. The summed E-state index contributed by atoms with van der Waals surface area (Å²) in [5, 5.41) is 27.2. The normalized spacial score (nSPS) is 20.9. The van der Waals surface area contributed by atoms with Gasteiger partial charge in [0.25, 0.3) is 11.5 Å². The molecule has 480 valence electrons. The van der Waals surface area contributed by atoms with Crippen LogP contribution >= 0.6 is 11.8 Å². The van der Waals surface area contributed by atoms with Gasteiger partial charge in [0, 0.05) is 98.3 Å². The smallest absolute Gasteiger partial charge is 0.404 e. The molecule has 0 radical (unpaired) electrons. The number of methoxy groups -OCH3 is 1. The first-order chi connectivity index (χ1) is 42.7. The van der Waals surface area contributed by atoms with Gasteiger partial charge in [0.2, 0.25) is 41.1 Å². The number of carbonyl (C=O) groups is 12. The third-order valence-corrected chi connectivity index (χ3v) is 17.9. The molecule has 1 aromatic carbocycles. The molecule has 3 unspecified atom stereocenters. The predicted octanol–water partition coefficient (Wildman–Crippen LogP) is -0.988. The van der Waals surface area contributed by atoms with Crippen molar-refractivity contribution in [1.29, 1.82) is 0 Å². The van der Waals surface area contributed by atoms with E-state index in [1.54, 1.807) is 41.0 Å². The van der Waals surface area contributed by atoms with Crippen molar-refractivity contribution < 1.29 is 77.2 Å². The van der Waals surface area contributed by atoms with Crippen LogP contribution in [-0.2, 0) is 64.0 Å². The lowest BCUT2D eigenvalue weighted by molar-refractivity contribution is -0.144. The number of ketones is 4. The number of allylic oxidation sites excluding steroid dienone is 2. The molecule has 2 aromatic heterocycles. The van der Waals surface area contributed by atoms with E-state index in [0.717, 1.165) is 16.7 Å². The number of thioether (sulfide) groups is 1. The number of rotatable bonds is 32. The molecule has 1 aliphatic carbocycles. The van der Waals surface area contributed by atoms with E-state index in [1.165, 1.54) is 20.2 Å². The van der Waals surface area contributed by atoms with Crippen molar-refractivity contribution in [3.8, 4) is 0 Å². The number of nitrogens with one attached hydrogen (secondary N) is 4. The Labute approximate surface area is 516 Å². The molecule has 4 aliphatic heterocycles. The number of nitrogens with zero attached hydrogens (tertiary/aromatic N) is 7. The summed E-state index contributed by atoms with van der Waals surface area (Å²) in [5.74, 6) is -12.5. The lowest BCUT2D eigenvalue weighted by atomic mass is 9.78. The Bertz CT molecular complexity index is 3610. The summed E-state index contributed by atoms with van der Waals surface area (Å²) < 4.78 is 10.5. The number of likely N-dealkylation sites (tertiary alicyclic amines) is 1. The van der Waals surface area contributed by atoms with E-state index in [-0.39, 0.29) is 154 Å². The number of anilines is 2. The maximum absolute atomic E-state index is 13.9. The molecule has 8 atom stereocenters. The molecule has 90 heavy (non-hydrogen) atoms. The Morgan fingerprint density at radius 1 is 0.933 bits per heavy atom. The number of piperazine rings is 1. The SMILES string of the molecule is COC1=C(C)C(=O)C2=C(C1=O)[C@H](COC(N)=O)[C@]1(C)C3C(CN21)N3C(=O)CCCN1C(=O)CC(SC[C@@H](CC(=O)[C@@H](CC(=O)O)NC(=O)[C@@H](CCCN=C(N)N)CC(=O)CCCNC(=O)c2ccc(NCc3cnc4nc(N)[nH]c(=O)c4n3)cc2)C(=O)O)C1=O. The Kier molecular flexibility index (Phi) is 20.7. The van der Waals surface area contributed by atoms with Gasteiger partial charge in [-0.15, -0.1) is 11.8 Å². The number of guanidine groups is 1. The van der Waals surface area contributed by atoms with Crippen LogP contribution in [0.5, 0.6) is 0 Å². The summed E-state index contributed by atoms with van der Waals surface area (Å²) in [7, 11) is 1.26. The minimum absolute atomic E-state index is 0.0133. The first-order valence-electron chi connectivity index (χ1n) is 28.8. The minimum Gasteiger partial charge on any atom is -0.492 e. The van der Waals surface area contributed by atoms with E-state index >= 15 is 0 Å². The second-order valence-corrected chi connectivity index (χ2v) is 23.7. The predicted molar refractivity (Wildman–Crippen MR) is 318 cm³/mol. The second-order valence-electron chi connectivity index (χ2n) is 22.5. The van der Waals surface area contributed by atoms with Gasteiger partial charge >= 0.3 is 18.0 Å². The molecule has 3 saturated heterocycles. The van der Waals surface area contributed by atoms with Gasteiger partial charge in [-0.1, -0.05) is 0 Å². The largest absolute Gasteiger partial charge is 0.492 e. The van der Waals surface area contributed by atoms with Crippen LogP contribution in [0.4, 0.5) is 16.4 Å². The molecule has 6 heterocycles. The number of carboxylic acid groups (broad SMARTS) is 2. The van der Waals surface area contributed by atoms with Crippen molar-refractivity contribution in [2.24, 2.45) is 39.9 Å². The van der Waals surface area contributed by atoms with Gasteiger partial charge in [0.05, 0.1) is 72.5 Å². The highest BCUT2D eigenvalue weighted by Crippen LogP contribution is 2.59. The number of nitrogen functional groups attached to an aromatic ring is 1. The maximum atomic E-state index is 13.9. The lowest BCUT2D eigenvalue weighted by Gasteiger charge is -2.39. The number of nitrogens with two attached hydrogens (primary N) is 4. The molecule has 0 bridgehead atoms. The maximum Gasteiger partial charge on any atom is 0.404 e. The number of hydrogen-bond acceptors (Lipinski definition) is 23. The number of benzene rings is 1. The van der Waals surface area contributed by atoms with Gasteiger partial charge < -0.3 is 68.4 Å². The summed E-state index contributed by atoms with van der Waals surface area (Å²) in [6.07, 6.45) is -1.83. The number of aliphatic imine (C=N–C) groups is 1. The second kappa shape index (κ2) is 28.1. The van der Waals surface area contributed by atoms with Crippen molar-refractivity contribution in [3.05, 3.63) is 74.7 Å². The minimum atomic E-state index is -1.74. The topological polar surface area (TPSA) is 497 Å². The number of amides is 6. The average Bonchev–Trinajstić information content (AvgIpc) is 1.49. The Morgan fingerprint density at radius 2 is 1.67 bits per heavy atom. The third kappa shape index (κ3) is 14.7. The average molecular weight is 1270 g/mol. The number of aliphatic carboxylic acids is 2. The van der Waals surface area contributed by atoms with E-state index in [4.69, 9.17) is 32.4 Å². The quantitative estimate of drug-likeness (QED) is 0.00896. The fourth-order valence-electron chi connectivity index (χ4n) is 12.0. The van der Waals surface area contributed by atoms with Gasteiger partial charge in [-0.25, -0.2) is 14.8 Å². The molecular weight excluding hydrogens is 1200 g/mol. The highest BCUT2D eigenvalue weighted by Gasteiger charge is 2.74. The molecule has 0 saturated carbocycles. The summed E-state index contributed by atoms with van der Waals surface area (Å²) >= 11 is 0.807. The molecule has 3 fully saturated rings. The molecule has 6 amide bonds. The zero-order valence-electron chi connectivity index (χ0n) is 49.3. The number of H-pyrrole nitrogens is 1. The summed E-state index contributed by atoms with van der Waals surface area (Å²) in [6, 6.07) is 3.83. The van der Waals surface area contributed by atoms with Crippen molar-refractivity contribution >= 4 is 111 Å². The van der Waals surface area contributed by atoms with Gasteiger partial charge in [-0.3, -0.25) is 72.4 Å². The molecule has 0 spiro atoms. The van der Waals surface area contributed by atoms with E-state index in [9.17, 15) is 72.5 Å². The monoisotopic (exact) mass is 1270 g/mol. The number of fused-ring (bicyclic) bond motifs is 5. The molecule has 14 N–H and O–H groups in total. The number of hydrogen-bond donors (Lipinski definition) is 10. The first-order valence-corrected chi connectivity index (χ1v) is 29.8. The third-order valence-electron chi connectivity index (χ3n) is 16.5. The Morgan fingerprint density at radius 3 is 2.34 bits per heavy atom.